The number of hydrogen-bond donors (Lipinski definition) is 0. The molecule has 1 saturated heterocycles. The minimum absolute atomic E-state index is 0.165. The first-order valence-electron chi connectivity index (χ1n) is 5.32. The molecule has 1 unspecified atom stereocenters. The van der Waals surface area contributed by atoms with E-state index in [0.29, 0.717) is 21.8 Å². The molecule has 3 rings (SSSR count). The van der Waals surface area contributed by atoms with Crippen molar-refractivity contribution in [3.63, 3.8) is 0 Å². The van der Waals surface area contributed by atoms with Crippen molar-refractivity contribution in [2.24, 2.45) is 0 Å². The van der Waals surface area contributed by atoms with Crippen LogP contribution in [0.15, 0.2) is 28.5 Å². The zero-order valence-electron chi connectivity index (χ0n) is 9.11. The first kappa shape index (κ1) is 10.7. The number of ketones is 2. The van der Waals surface area contributed by atoms with Crippen molar-refractivity contribution < 1.29 is 9.59 Å². The van der Waals surface area contributed by atoms with Gasteiger partial charge in [0, 0.05) is 18.8 Å². The lowest BCUT2D eigenvalue weighted by molar-refractivity contribution is 0.0962. The summed E-state index contributed by atoms with van der Waals surface area (Å²) >= 11 is 3.24. The van der Waals surface area contributed by atoms with Gasteiger partial charge in [0.1, 0.15) is 11.4 Å². The molecule has 0 bridgehead atoms. The summed E-state index contributed by atoms with van der Waals surface area (Å²) in [6.07, 6.45) is 1.53. The van der Waals surface area contributed by atoms with Crippen LogP contribution in [0.25, 0.3) is 0 Å². The maximum atomic E-state index is 12.3. The summed E-state index contributed by atoms with van der Waals surface area (Å²) in [7, 11) is 0. The second kappa shape index (κ2) is 3.50. The Balaban J connectivity index is 2.16. The zero-order valence-corrected chi connectivity index (χ0v) is 10.7. The number of rotatable bonds is 1. The van der Waals surface area contributed by atoms with Crippen molar-refractivity contribution in [2.75, 3.05) is 6.54 Å². The van der Waals surface area contributed by atoms with Crippen molar-refractivity contribution in [1.82, 2.24) is 9.88 Å². The second-order valence-electron chi connectivity index (χ2n) is 4.22. The van der Waals surface area contributed by atoms with Gasteiger partial charge in [-0.25, -0.2) is 0 Å². The summed E-state index contributed by atoms with van der Waals surface area (Å²) in [5.74, 6) is -0.335. The van der Waals surface area contributed by atoms with Gasteiger partial charge < -0.3 is 4.90 Å². The molecule has 0 saturated carbocycles. The summed E-state index contributed by atoms with van der Waals surface area (Å²) in [4.78, 5) is 30.3. The van der Waals surface area contributed by atoms with Gasteiger partial charge in [0.05, 0.1) is 10.0 Å². The van der Waals surface area contributed by atoms with E-state index >= 15 is 0 Å². The fourth-order valence-electron chi connectivity index (χ4n) is 2.01. The molecule has 0 amide bonds. The number of aromatic nitrogens is 1. The van der Waals surface area contributed by atoms with Crippen LogP contribution in [0.5, 0.6) is 0 Å². The first-order chi connectivity index (χ1) is 8.11. The third-order valence-electron chi connectivity index (χ3n) is 3.04. The summed E-state index contributed by atoms with van der Waals surface area (Å²) in [6.45, 7) is 2.82. The van der Waals surface area contributed by atoms with E-state index in [1.807, 2.05) is 11.8 Å². The molecule has 1 atom stereocenters. The Hall–Kier alpha value is -1.49. The molecule has 1 fully saturated rings. The van der Waals surface area contributed by atoms with Crippen LogP contribution in [0.2, 0.25) is 0 Å². The molecular formula is C12H9BrN2O2. The highest BCUT2D eigenvalue weighted by Crippen LogP contribution is 2.35. The Labute approximate surface area is 106 Å². The van der Waals surface area contributed by atoms with Crippen LogP contribution in [0.1, 0.15) is 27.8 Å². The van der Waals surface area contributed by atoms with Crippen molar-refractivity contribution in [3.05, 3.63) is 39.8 Å². The number of pyridine rings is 1. The zero-order chi connectivity index (χ0) is 12.2. The molecule has 0 spiro atoms. The standard InChI is InChI=1S/C12H9BrN2O2/c1-6-5-15(6)10-8(13)11(16)7-3-2-4-14-9(7)12(10)17/h2-4,6H,5H2,1H3. The predicted molar refractivity (Wildman–Crippen MR) is 65.0 cm³/mol. The van der Waals surface area contributed by atoms with Crippen LogP contribution in [-0.2, 0) is 0 Å². The van der Waals surface area contributed by atoms with E-state index in [9.17, 15) is 9.59 Å². The SMILES string of the molecule is CC1CN1C1=C(Br)C(=O)c2cccnc2C1=O. The molecule has 1 aromatic heterocycles. The predicted octanol–water partition coefficient (Wildman–Crippen LogP) is 1.77. The number of fused-ring (bicyclic) bond motifs is 1. The van der Waals surface area contributed by atoms with Crippen LogP contribution in [0.3, 0.4) is 0 Å². The maximum Gasteiger partial charge on any atom is 0.229 e. The van der Waals surface area contributed by atoms with Crippen molar-refractivity contribution in [3.8, 4) is 0 Å². The fraction of sp³-hybridized carbons (Fsp3) is 0.250. The van der Waals surface area contributed by atoms with Gasteiger partial charge in [0.2, 0.25) is 11.6 Å². The molecule has 4 nitrogen and oxygen atoms in total. The third kappa shape index (κ3) is 1.45. The lowest BCUT2D eigenvalue weighted by Gasteiger charge is -2.18. The van der Waals surface area contributed by atoms with Crippen molar-refractivity contribution in [1.29, 1.82) is 0 Å². The van der Waals surface area contributed by atoms with Crippen molar-refractivity contribution >= 4 is 27.5 Å². The number of Topliss-reactive ketones (excluding diaryl/α,β-unsaturated/α-hetero) is 2. The van der Waals surface area contributed by atoms with E-state index in [4.69, 9.17) is 0 Å². The molecule has 5 heteroatoms. The average Bonchev–Trinajstić information content (AvgIpc) is 3.04. The number of allylic oxidation sites excluding steroid dienone is 2. The first-order valence-corrected chi connectivity index (χ1v) is 6.11. The summed E-state index contributed by atoms with van der Waals surface area (Å²) in [5, 5.41) is 0. The van der Waals surface area contributed by atoms with E-state index in [-0.39, 0.29) is 17.3 Å². The van der Waals surface area contributed by atoms with Crippen LogP contribution in [0, 0.1) is 0 Å². The normalized spacial score (nSPS) is 22.9. The van der Waals surface area contributed by atoms with Gasteiger partial charge >= 0.3 is 0 Å². The Morgan fingerprint density at radius 2 is 2.12 bits per heavy atom. The highest BCUT2D eigenvalue weighted by molar-refractivity contribution is 9.12. The third-order valence-corrected chi connectivity index (χ3v) is 3.77. The number of hydrogen-bond acceptors (Lipinski definition) is 4. The molecule has 0 radical (unpaired) electrons. The number of halogens is 1. The number of nitrogens with zero attached hydrogens (tertiary/aromatic N) is 2. The molecule has 86 valence electrons. The molecule has 1 aliphatic heterocycles. The van der Waals surface area contributed by atoms with Gasteiger partial charge in [-0.15, -0.1) is 0 Å². The minimum atomic E-state index is -0.170. The van der Waals surface area contributed by atoms with Crippen LogP contribution in [-0.4, -0.2) is 34.0 Å². The summed E-state index contributed by atoms with van der Waals surface area (Å²) in [6, 6.07) is 3.61. The molecule has 2 aliphatic rings. The van der Waals surface area contributed by atoms with Crippen LogP contribution in [0.4, 0.5) is 0 Å². The lowest BCUT2D eigenvalue weighted by Crippen LogP contribution is -2.25. The molecule has 17 heavy (non-hydrogen) atoms. The Kier molecular flexibility index (Phi) is 2.19. The highest BCUT2D eigenvalue weighted by atomic mass is 79.9. The molecule has 1 aromatic rings. The smallest absolute Gasteiger partial charge is 0.229 e. The summed E-state index contributed by atoms with van der Waals surface area (Å²) in [5.41, 5.74) is 1.09. The molecule has 0 N–H and O–H groups in total. The maximum absolute atomic E-state index is 12.3. The van der Waals surface area contributed by atoms with Crippen LogP contribution < -0.4 is 0 Å². The minimum Gasteiger partial charge on any atom is -0.361 e. The summed E-state index contributed by atoms with van der Waals surface area (Å²) < 4.78 is 0.354. The number of carbonyl (C=O) groups excluding carboxylic acids is 2. The lowest BCUT2D eigenvalue weighted by atomic mass is 9.97. The molecular weight excluding hydrogens is 284 g/mol. The fourth-order valence-corrected chi connectivity index (χ4v) is 2.63. The molecule has 0 aromatic carbocycles. The Morgan fingerprint density at radius 1 is 1.41 bits per heavy atom. The topological polar surface area (TPSA) is 50.0 Å². The average molecular weight is 293 g/mol. The molecule has 2 heterocycles. The van der Waals surface area contributed by atoms with Gasteiger partial charge in [-0.2, -0.15) is 0 Å². The van der Waals surface area contributed by atoms with Gasteiger partial charge in [0.25, 0.3) is 0 Å². The van der Waals surface area contributed by atoms with E-state index in [1.165, 1.54) is 6.20 Å². The Bertz CT molecular complexity index is 580. The monoisotopic (exact) mass is 292 g/mol. The van der Waals surface area contributed by atoms with Gasteiger partial charge in [-0.3, -0.25) is 14.6 Å². The highest BCUT2D eigenvalue weighted by Gasteiger charge is 2.42. The largest absolute Gasteiger partial charge is 0.361 e. The van der Waals surface area contributed by atoms with Gasteiger partial charge in [0.15, 0.2) is 0 Å². The quantitative estimate of drug-likeness (QED) is 0.740. The van der Waals surface area contributed by atoms with Gasteiger partial charge in [-0.05, 0) is 35.0 Å². The van der Waals surface area contributed by atoms with Gasteiger partial charge in [-0.1, -0.05) is 0 Å². The van der Waals surface area contributed by atoms with E-state index in [0.717, 1.165) is 6.54 Å². The van der Waals surface area contributed by atoms with E-state index < -0.39 is 0 Å². The Morgan fingerprint density at radius 3 is 2.76 bits per heavy atom. The molecule has 1 aliphatic carbocycles. The van der Waals surface area contributed by atoms with E-state index in [2.05, 4.69) is 20.9 Å². The van der Waals surface area contributed by atoms with Crippen LogP contribution >= 0.6 is 15.9 Å². The number of carbonyl (C=O) groups is 2. The van der Waals surface area contributed by atoms with Crippen molar-refractivity contribution in [2.45, 2.75) is 13.0 Å². The van der Waals surface area contributed by atoms with E-state index in [1.54, 1.807) is 12.1 Å². The second-order valence-corrected chi connectivity index (χ2v) is 5.01.